The molecule has 7 nitrogen and oxygen atoms in total. The third kappa shape index (κ3) is 4.55. The summed E-state index contributed by atoms with van der Waals surface area (Å²) in [5.41, 5.74) is 2.24. The van der Waals surface area contributed by atoms with Crippen LogP contribution in [0.1, 0.15) is 15.9 Å². The van der Waals surface area contributed by atoms with Crippen molar-refractivity contribution in [3.63, 3.8) is 0 Å². The number of phenols is 1. The van der Waals surface area contributed by atoms with Crippen LogP contribution in [0.4, 0.5) is 17.1 Å². The number of imide groups is 1. The number of halogens is 2. The number of carbonyl (C=O) groups excluding carboxylic acids is 3. The highest BCUT2D eigenvalue weighted by Gasteiger charge is 2.39. The maximum Gasteiger partial charge on any atom is 0.283 e. The molecule has 0 bridgehead atoms. The van der Waals surface area contributed by atoms with E-state index in [0.29, 0.717) is 33.2 Å². The maximum absolute atomic E-state index is 13.0. The Hall–Kier alpha value is -3.81. The Morgan fingerprint density at radius 2 is 1.64 bits per heavy atom. The Kier molecular flexibility index (Phi) is 6.09. The Morgan fingerprint density at radius 3 is 2.33 bits per heavy atom. The summed E-state index contributed by atoms with van der Waals surface area (Å²) in [4.78, 5) is 39.1. The number of benzene rings is 3. The third-order valence-electron chi connectivity index (χ3n) is 4.96. The normalized spacial score (nSPS) is 13.5. The molecule has 1 aliphatic heterocycles. The lowest BCUT2D eigenvalue weighted by molar-refractivity contribution is -0.120. The van der Waals surface area contributed by atoms with E-state index in [0.717, 1.165) is 4.90 Å². The molecule has 3 N–H and O–H groups in total. The molecule has 0 aromatic heterocycles. The molecule has 0 radical (unpaired) electrons. The summed E-state index contributed by atoms with van der Waals surface area (Å²) in [6.07, 6.45) is 0. The number of rotatable bonds is 5. The van der Waals surface area contributed by atoms with Crippen LogP contribution in [0.2, 0.25) is 5.02 Å². The summed E-state index contributed by atoms with van der Waals surface area (Å²) in [5.74, 6) is -1.60. The van der Waals surface area contributed by atoms with Gasteiger partial charge in [0.2, 0.25) is 0 Å². The molecule has 0 spiro atoms. The van der Waals surface area contributed by atoms with E-state index in [1.54, 1.807) is 55.5 Å². The smallest absolute Gasteiger partial charge is 0.283 e. The highest BCUT2D eigenvalue weighted by atomic mass is 35.5. The lowest BCUT2D eigenvalue weighted by atomic mass is 10.1. The van der Waals surface area contributed by atoms with Gasteiger partial charge in [0.05, 0.1) is 5.69 Å². The molecule has 3 aromatic rings. The van der Waals surface area contributed by atoms with Gasteiger partial charge in [0.25, 0.3) is 17.7 Å². The highest BCUT2D eigenvalue weighted by Crippen LogP contribution is 2.33. The summed E-state index contributed by atoms with van der Waals surface area (Å²) >= 11 is 12.2. The van der Waals surface area contributed by atoms with Gasteiger partial charge in [-0.15, -0.1) is 0 Å². The number of aromatic hydroxyl groups is 1. The first kappa shape index (κ1) is 22.4. The van der Waals surface area contributed by atoms with Crippen molar-refractivity contribution in [3.8, 4) is 5.75 Å². The van der Waals surface area contributed by atoms with E-state index in [4.69, 9.17) is 23.2 Å². The molecule has 166 valence electrons. The van der Waals surface area contributed by atoms with Crippen molar-refractivity contribution >= 4 is 58.0 Å². The van der Waals surface area contributed by atoms with Gasteiger partial charge < -0.3 is 15.7 Å². The largest absolute Gasteiger partial charge is 0.508 e. The highest BCUT2D eigenvalue weighted by molar-refractivity contribution is 6.53. The maximum atomic E-state index is 13.0. The summed E-state index contributed by atoms with van der Waals surface area (Å²) < 4.78 is 0. The molecule has 0 atom stereocenters. The van der Waals surface area contributed by atoms with Gasteiger partial charge in [0.15, 0.2) is 0 Å². The molecular formula is C24H17Cl2N3O4. The van der Waals surface area contributed by atoms with Crippen LogP contribution in [0.3, 0.4) is 0 Å². The molecule has 0 fully saturated rings. The summed E-state index contributed by atoms with van der Waals surface area (Å²) in [7, 11) is 0. The second-order valence-corrected chi connectivity index (χ2v) is 8.09. The van der Waals surface area contributed by atoms with Gasteiger partial charge in [0, 0.05) is 28.0 Å². The number of nitrogens with zero attached hydrogens (tertiary/aromatic N) is 1. The lowest BCUT2D eigenvalue weighted by Crippen LogP contribution is -2.32. The molecule has 0 unspecified atom stereocenters. The van der Waals surface area contributed by atoms with Crippen molar-refractivity contribution in [2.75, 3.05) is 15.5 Å². The SMILES string of the molecule is Cc1ccc(Cl)cc1N1C(=O)C(Cl)=C(Nc2ccc(C(=O)Nc3cccc(O)c3)cc2)C1=O. The lowest BCUT2D eigenvalue weighted by Gasteiger charge is -2.17. The Morgan fingerprint density at radius 1 is 0.909 bits per heavy atom. The molecule has 0 saturated carbocycles. The van der Waals surface area contributed by atoms with Gasteiger partial charge in [-0.25, -0.2) is 4.90 Å². The number of aryl methyl sites for hydroxylation is 1. The van der Waals surface area contributed by atoms with E-state index in [2.05, 4.69) is 10.6 Å². The predicted octanol–water partition coefficient (Wildman–Crippen LogP) is 5.04. The van der Waals surface area contributed by atoms with Crippen molar-refractivity contribution in [1.82, 2.24) is 0 Å². The zero-order valence-electron chi connectivity index (χ0n) is 17.2. The first-order chi connectivity index (χ1) is 15.7. The number of hydrogen-bond acceptors (Lipinski definition) is 5. The molecule has 3 amide bonds. The number of hydrogen-bond donors (Lipinski definition) is 3. The van der Waals surface area contributed by atoms with Crippen LogP contribution in [0.5, 0.6) is 5.75 Å². The third-order valence-corrected chi connectivity index (χ3v) is 5.55. The molecular weight excluding hydrogens is 465 g/mol. The quantitative estimate of drug-likeness (QED) is 0.443. The molecule has 4 rings (SSSR count). The second kappa shape index (κ2) is 8.97. The summed E-state index contributed by atoms with van der Waals surface area (Å²) in [5, 5.41) is 15.2. The first-order valence-electron chi connectivity index (χ1n) is 9.77. The van der Waals surface area contributed by atoms with Crippen LogP contribution in [-0.2, 0) is 9.59 Å². The van der Waals surface area contributed by atoms with Crippen LogP contribution >= 0.6 is 23.2 Å². The van der Waals surface area contributed by atoms with Crippen LogP contribution in [0.25, 0.3) is 0 Å². The van der Waals surface area contributed by atoms with Gasteiger partial charge in [0.1, 0.15) is 16.5 Å². The van der Waals surface area contributed by atoms with Crippen LogP contribution in [-0.4, -0.2) is 22.8 Å². The number of nitrogens with one attached hydrogen (secondary N) is 2. The Labute approximate surface area is 199 Å². The fourth-order valence-corrected chi connectivity index (χ4v) is 3.67. The number of amides is 3. The van der Waals surface area contributed by atoms with E-state index in [1.807, 2.05) is 0 Å². The minimum Gasteiger partial charge on any atom is -0.508 e. The zero-order valence-corrected chi connectivity index (χ0v) is 18.7. The zero-order chi connectivity index (χ0) is 23.7. The average molecular weight is 482 g/mol. The summed E-state index contributed by atoms with van der Waals surface area (Å²) in [6, 6.07) is 17.4. The number of anilines is 3. The van der Waals surface area contributed by atoms with Crippen molar-refractivity contribution in [2.24, 2.45) is 0 Å². The van der Waals surface area contributed by atoms with Gasteiger partial charge in [-0.05, 0) is 61.0 Å². The van der Waals surface area contributed by atoms with Gasteiger partial charge in [-0.1, -0.05) is 35.3 Å². The molecule has 3 aromatic carbocycles. The minimum absolute atomic E-state index is 0.0373. The Bertz CT molecular complexity index is 1320. The van der Waals surface area contributed by atoms with E-state index in [1.165, 1.54) is 18.2 Å². The Balaban J connectivity index is 1.50. The topological polar surface area (TPSA) is 98.7 Å². The van der Waals surface area contributed by atoms with Crippen molar-refractivity contribution in [1.29, 1.82) is 0 Å². The second-order valence-electron chi connectivity index (χ2n) is 7.27. The van der Waals surface area contributed by atoms with E-state index >= 15 is 0 Å². The van der Waals surface area contributed by atoms with Gasteiger partial charge in [-0.2, -0.15) is 0 Å². The van der Waals surface area contributed by atoms with Gasteiger partial charge >= 0.3 is 0 Å². The molecule has 0 aliphatic carbocycles. The predicted molar refractivity (Wildman–Crippen MR) is 128 cm³/mol. The fourth-order valence-electron chi connectivity index (χ4n) is 3.29. The van der Waals surface area contributed by atoms with Crippen molar-refractivity contribution < 1.29 is 19.5 Å². The average Bonchev–Trinajstić information content (AvgIpc) is 2.99. The molecule has 9 heteroatoms. The number of carbonyl (C=O) groups is 3. The van der Waals surface area contributed by atoms with E-state index in [9.17, 15) is 19.5 Å². The van der Waals surface area contributed by atoms with Crippen LogP contribution in [0.15, 0.2) is 77.5 Å². The molecule has 1 aliphatic rings. The van der Waals surface area contributed by atoms with E-state index in [-0.39, 0.29) is 22.4 Å². The van der Waals surface area contributed by atoms with Crippen LogP contribution < -0.4 is 15.5 Å². The minimum atomic E-state index is -0.656. The monoisotopic (exact) mass is 481 g/mol. The van der Waals surface area contributed by atoms with Crippen LogP contribution in [0, 0.1) is 6.92 Å². The summed E-state index contributed by atoms with van der Waals surface area (Å²) in [6.45, 7) is 1.76. The van der Waals surface area contributed by atoms with Crippen molar-refractivity contribution in [2.45, 2.75) is 6.92 Å². The fraction of sp³-hybridized carbons (Fsp3) is 0.0417. The number of phenolic OH excluding ortho intramolecular Hbond substituents is 1. The molecule has 33 heavy (non-hydrogen) atoms. The van der Waals surface area contributed by atoms with E-state index < -0.39 is 11.8 Å². The van der Waals surface area contributed by atoms with Crippen molar-refractivity contribution in [3.05, 3.63) is 93.6 Å². The molecule has 0 saturated heterocycles. The van der Waals surface area contributed by atoms with Gasteiger partial charge in [-0.3, -0.25) is 14.4 Å². The standard InChI is InChI=1S/C24H17Cl2N3O4/c1-13-5-8-15(25)11-19(13)29-23(32)20(26)21(24(29)33)27-16-9-6-14(7-10-16)22(31)28-17-3-2-4-18(30)12-17/h2-12,27,30H,1H3,(H,28,31). The first-order valence-corrected chi connectivity index (χ1v) is 10.5. The molecule has 1 heterocycles.